The van der Waals surface area contributed by atoms with E-state index in [1.165, 1.54) is 38.4 Å². The van der Waals surface area contributed by atoms with Crippen LogP contribution in [-0.4, -0.2) is 4.98 Å². The molecule has 3 heterocycles. The Morgan fingerprint density at radius 1 is 0.765 bits per heavy atom. The van der Waals surface area contributed by atoms with Crippen LogP contribution < -0.4 is 4.90 Å². The topological polar surface area (TPSA) is 29.3 Å². The number of aromatic nitrogens is 1. The minimum atomic E-state index is 0.113. The van der Waals surface area contributed by atoms with Gasteiger partial charge in [-0.25, -0.2) is 4.98 Å². The SMILES string of the molecule is CC1=C(c2ccccc2)SC(c2c(C)cccc2C)N1c1c(C)ccc2c1oc1ncccc12. The minimum absolute atomic E-state index is 0.113. The molecule has 1 atom stereocenters. The fourth-order valence-corrected chi connectivity index (χ4v) is 6.77. The van der Waals surface area contributed by atoms with Crippen molar-refractivity contribution in [3.63, 3.8) is 0 Å². The van der Waals surface area contributed by atoms with Gasteiger partial charge in [0, 0.05) is 27.6 Å². The maximum Gasteiger partial charge on any atom is 0.227 e. The van der Waals surface area contributed by atoms with E-state index in [0.717, 1.165) is 22.0 Å². The molecule has 5 aromatic rings. The van der Waals surface area contributed by atoms with Gasteiger partial charge in [0.05, 0.1) is 5.69 Å². The molecule has 0 aliphatic carbocycles. The lowest BCUT2D eigenvalue weighted by Gasteiger charge is -2.31. The second-order valence-corrected chi connectivity index (χ2v) is 10.1. The molecular weight excluding hydrogens is 436 g/mol. The quantitative estimate of drug-likeness (QED) is 0.269. The lowest BCUT2D eigenvalue weighted by atomic mass is 10.0. The van der Waals surface area contributed by atoms with Gasteiger partial charge in [-0.2, -0.15) is 0 Å². The van der Waals surface area contributed by atoms with Crippen molar-refractivity contribution in [2.45, 2.75) is 33.1 Å². The number of fused-ring (bicyclic) bond motifs is 3. The van der Waals surface area contributed by atoms with Crippen molar-refractivity contribution in [3.8, 4) is 0 Å². The van der Waals surface area contributed by atoms with E-state index >= 15 is 0 Å². The summed E-state index contributed by atoms with van der Waals surface area (Å²) in [7, 11) is 0. The van der Waals surface area contributed by atoms with Gasteiger partial charge in [-0.3, -0.25) is 0 Å². The van der Waals surface area contributed by atoms with Crippen LogP contribution in [0.5, 0.6) is 0 Å². The van der Waals surface area contributed by atoms with Crippen LogP contribution in [0.15, 0.2) is 89.1 Å². The molecule has 0 bridgehead atoms. The van der Waals surface area contributed by atoms with Crippen LogP contribution in [0, 0.1) is 20.8 Å². The van der Waals surface area contributed by atoms with Crippen molar-refractivity contribution in [1.29, 1.82) is 0 Å². The summed E-state index contributed by atoms with van der Waals surface area (Å²) >= 11 is 1.93. The molecular formula is C30H26N2OS. The Labute approximate surface area is 204 Å². The number of hydrogen-bond acceptors (Lipinski definition) is 4. The van der Waals surface area contributed by atoms with Gasteiger partial charge in [0.1, 0.15) is 5.37 Å². The summed E-state index contributed by atoms with van der Waals surface area (Å²) in [6.07, 6.45) is 1.79. The van der Waals surface area contributed by atoms with Gasteiger partial charge in [-0.05, 0) is 67.6 Å². The molecule has 4 heteroatoms. The fraction of sp³-hybridized carbons (Fsp3) is 0.167. The van der Waals surface area contributed by atoms with E-state index in [0.29, 0.717) is 5.71 Å². The van der Waals surface area contributed by atoms with Crippen LogP contribution >= 0.6 is 11.8 Å². The Morgan fingerprint density at radius 2 is 1.53 bits per heavy atom. The van der Waals surface area contributed by atoms with Crippen LogP contribution in [0.3, 0.4) is 0 Å². The average molecular weight is 463 g/mol. The second-order valence-electron chi connectivity index (χ2n) is 8.99. The highest BCUT2D eigenvalue weighted by molar-refractivity contribution is 8.09. The Hall–Kier alpha value is -3.50. The first kappa shape index (κ1) is 21.1. The molecule has 2 aromatic heterocycles. The molecule has 0 saturated heterocycles. The molecule has 0 spiro atoms. The molecule has 0 saturated carbocycles. The number of pyridine rings is 1. The normalized spacial score (nSPS) is 16.2. The minimum Gasteiger partial charge on any atom is -0.435 e. The van der Waals surface area contributed by atoms with Crippen molar-refractivity contribution >= 4 is 44.4 Å². The maximum absolute atomic E-state index is 6.43. The van der Waals surface area contributed by atoms with Gasteiger partial charge >= 0.3 is 0 Å². The van der Waals surface area contributed by atoms with Crippen LogP contribution in [0.1, 0.15) is 40.1 Å². The number of furan rings is 1. The maximum atomic E-state index is 6.43. The third kappa shape index (κ3) is 3.17. The van der Waals surface area contributed by atoms with Gasteiger partial charge in [-0.15, -0.1) is 0 Å². The summed E-state index contributed by atoms with van der Waals surface area (Å²) in [6.45, 7) is 8.85. The lowest BCUT2D eigenvalue weighted by molar-refractivity contribution is 0.651. The first-order valence-corrected chi connectivity index (χ1v) is 12.5. The molecule has 1 aliphatic heterocycles. The molecule has 168 valence electrons. The van der Waals surface area contributed by atoms with E-state index in [2.05, 4.69) is 104 Å². The van der Waals surface area contributed by atoms with E-state index in [9.17, 15) is 0 Å². The van der Waals surface area contributed by atoms with Gasteiger partial charge < -0.3 is 9.32 Å². The van der Waals surface area contributed by atoms with E-state index in [-0.39, 0.29) is 5.37 Å². The largest absolute Gasteiger partial charge is 0.435 e. The average Bonchev–Trinajstić information content (AvgIpc) is 3.38. The molecule has 3 nitrogen and oxygen atoms in total. The molecule has 1 unspecified atom stereocenters. The van der Waals surface area contributed by atoms with Crippen molar-refractivity contribution < 1.29 is 4.42 Å². The molecule has 0 amide bonds. The molecule has 3 aromatic carbocycles. The highest BCUT2D eigenvalue weighted by Crippen LogP contribution is 2.56. The first-order chi connectivity index (χ1) is 16.5. The summed E-state index contributed by atoms with van der Waals surface area (Å²) in [5, 5.41) is 2.27. The number of aryl methyl sites for hydroxylation is 3. The number of nitrogens with zero attached hydrogens (tertiary/aromatic N) is 2. The summed E-state index contributed by atoms with van der Waals surface area (Å²) in [6, 6.07) is 25.7. The summed E-state index contributed by atoms with van der Waals surface area (Å²) in [4.78, 5) is 8.29. The predicted octanol–water partition coefficient (Wildman–Crippen LogP) is 8.55. The Bertz CT molecular complexity index is 1560. The highest BCUT2D eigenvalue weighted by atomic mass is 32.2. The number of thioether (sulfide) groups is 1. The Morgan fingerprint density at radius 3 is 2.29 bits per heavy atom. The van der Waals surface area contributed by atoms with Gasteiger partial charge in [0.2, 0.25) is 5.71 Å². The third-order valence-corrected chi connectivity index (χ3v) is 8.25. The summed E-state index contributed by atoms with van der Waals surface area (Å²) in [5.41, 5.74) is 10.4. The van der Waals surface area contributed by atoms with E-state index in [4.69, 9.17) is 4.42 Å². The fourth-order valence-electron chi connectivity index (χ4n) is 5.15. The van der Waals surface area contributed by atoms with Gasteiger partial charge in [0.25, 0.3) is 0 Å². The molecule has 1 aliphatic rings. The zero-order valence-corrected chi connectivity index (χ0v) is 20.6. The van der Waals surface area contributed by atoms with E-state index in [1.54, 1.807) is 6.20 Å². The van der Waals surface area contributed by atoms with Crippen LogP contribution in [0.4, 0.5) is 5.69 Å². The predicted molar refractivity (Wildman–Crippen MR) is 144 cm³/mol. The van der Waals surface area contributed by atoms with Crippen molar-refractivity contribution in [2.75, 3.05) is 4.90 Å². The van der Waals surface area contributed by atoms with Crippen molar-refractivity contribution in [1.82, 2.24) is 4.98 Å². The molecule has 0 N–H and O–H groups in total. The van der Waals surface area contributed by atoms with Crippen LogP contribution in [-0.2, 0) is 0 Å². The Kier molecular flexibility index (Phi) is 5.00. The summed E-state index contributed by atoms with van der Waals surface area (Å²) in [5.74, 6) is 0. The third-order valence-electron chi connectivity index (χ3n) is 6.81. The van der Waals surface area contributed by atoms with Crippen LogP contribution in [0.25, 0.3) is 27.0 Å². The first-order valence-electron chi connectivity index (χ1n) is 11.6. The number of hydrogen-bond donors (Lipinski definition) is 0. The monoisotopic (exact) mass is 462 g/mol. The smallest absolute Gasteiger partial charge is 0.227 e. The second kappa shape index (κ2) is 8.07. The van der Waals surface area contributed by atoms with Crippen molar-refractivity contribution in [2.24, 2.45) is 0 Å². The van der Waals surface area contributed by atoms with Gasteiger partial charge in [-0.1, -0.05) is 72.4 Å². The highest BCUT2D eigenvalue weighted by Gasteiger charge is 2.37. The number of rotatable bonds is 3. The lowest BCUT2D eigenvalue weighted by Crippen LogP contribution is -2.23. The number of allylic oxidation sites excluding steroid dienone is 1. The standard InChI is InChI=1S/C30H26N2OS/c1-18-10-8-11-19(2)25(18)30-32(21(4)28(34-30)22-12-6-5-7-13-22)26-20(3)15-16-23-24-14-9-17-31-29(24)33-27(23)26/h5-17,30H,1-4H3. The van der Waals surface area contributed by atoms with Gasteiger partial charge in [0.15, 0.2) is 5.58 Å². The summed E-state index contributed by atoms with van der Waals surface area (Å²) < 4.78 is 6.43. The van der Waals surface area contributed by atoms with E-state index < -0.39 is 0 Å². The van der Waals surface area contributed by atoms with E-state index in [1.807, 2.05) is 17.8 Å². The van der Waals surface area contributed by atoms with Crippen molar-refractivity contribution in [3.05, 3.63) is 113 Å². The Balaban J connectivity index is 1.65. The molecule has 34 heavy (non-hydrogen) atoms. The number of benzene rings is 3. The molecule has 0 radical (unpaired) electrons. The van der Waals surface area contributed by atoms with Crippen LogP contribution in [0.2, 0.25) is 0 Å². The zero-order chi connectivity index (χ0) is 23.4. The molecule has 0 fully saturated rings. The molecule has 6 rings (SSSR count). The zero-order valence-electron chi connectivity index (χ0n) is 19.8. The number of anilines is 1.